The molecule has 0 unspecified atom stereocenters. The van der Waals surface area contributed by atoms with Crippen LogP contribution in [0.4, 0.5) is 0 Å². The van der Waals surface area contributed by atoms with Crippen molar-refractivity contribution in [2.75, 3.05) is 0 Å². The van der Waals surface area contributed by atoms with Crippen LogP contribution in [0.1, 0.15) is 59.3 Å². The molecule has 76 valence electrons. The first-order valence-corrected chi connectivity index (χ1v) is 5.48. The number of carbonyl (C=O) groups excluding carboxylic acids is 1. The predicted molar refractivity (Wildman–Crippen MR) is 57.8 cm³/mol. The molecule has 1 nitrogen and oxygen atoms in total. The Bertz CT molecular complexity index is 168. The molecule has 0 aromatic heterocycles. The van der Waals surface area contributed by atoms with Crippen LogP contribution in [0.25, 0.3) is 0 Å². The van der Waals surface area contributed by atoms with Crippen LogP contribution < -0.4 is 0 Å². The number of ketones is 1. The van der Waals surface area contributed by atoms with Gasteiger partial charge in [-0.2, -0.15) is 0 Å². The average Bonchev–Trinajstić information content (AvgIpc) is 2.19. The molecule has 0 spiro atoms. The molecule has 0 aliphatic heterocycles. The number of hydrogen-bond acceptors (Lipinski definition) is 1. The molecule has 0 saturated carbocycles. The van der Waals surface area contributed by atoms with Crippen LogP contribution in [-0.4, -0.2) is 5.78 Å². The van der Waals surface area contributed by atoms with Gasteiger partial charge in [0.1, 0.15) is 0 Å². The summed E-state index contributed by atoms with van der Waals surface area (Å²) in [5.74, 6) is 0.347. The minimum absolute atomic E-state index is 0.347. The van der Waals surface area contributed by atoms with E-state index in [0.29, 0.717) is 12.2 Å². The third kappa shape index (κ3) is 5.62. The van der Waals surface area contributed by atoms with Crippen LogP contribution in [0.5, 0.6) is 0 Å². The van der Waals surface area contributed by atoms with Gasteiger partial charge in [-0.15, -0.1) is 0 Å². The zero-order chi connectivity index (χ0) is 10.1. The van der Waals surface area contributed by atoms with Gasteiger partial charge in [-0.1, -0.05) is 33.3 Å². The van der Waals surface area contributed by atoms with E-state index in [1.54, 1.807) is 0 Å². The van der Waals surface area contributed by atoms with E-state index >= 15 is 0 Å². The fourth-order valence-corrected chi connectivity index (χ4v) is 1.32. The Morgan fingerprint density at radius 1 is 1.31 bits per heavy atom. The van der Waals surface area contributed by atoms with E-state index in [1.807, 2.05) is 6.92 Å². The zero-order valence-corrected chi connectivity index (χ0v) is 9.23. The highest BCUT2D eigenvalue weighted by Crippen LogP contribution is 2.18. The van der Waals surface area contributed by atoms with Gasteiger partial charge in [-0.05, 0) is 31.3 Å². The zero-order valence-electron chi connectivity index (χ0n) is 9.23. The van der Waals surface area contributed by atoms with Crippen molar-refractivity contribution in [3.63, 3.8) is 0 Å². The minimum atomic E-state index is 0.347. The summed E-state index contributed by atoms with van der Waals surface area (Å²) in [7, 11) is 0. The van der Waals surface area contributed by atoms with Gasteiger partial charge < -0.3 is 0 Å². The normalized spacial score (nSPS) is 15.5. The molecule has 0 atom stereocenters. The van der Waals surface area contributed by atoms with E-state index in [2.05, 4.69) is 19.9 Å². The van der Waals surface area contributed by atoms with Crippen molar-refractivity contribution in [3.8, 4) is 0 Å². The molecule has 0 fully saturated rings. The van der Waals surface area contributed by atoms with Gasteiger partial charge in [-0.25, -0.2) is 0 Å². The van der Waals surface area contributed by atoms with E-state index < -0.39 is 0 Å². The SMILES string of the molecule is CCC.CCC(=O)C1=CCCCC1. The number of allylic oxidation sites excluding steroid dienone is 2. The first-order valence-electron chi connectivity index (χ1n) is 5.48. The number of rotatable bonds is 2. The molecule has 0 saturated heterocycles. The Kier molecular flexibility index (Phi) is 7.66. The van der Waals surface area contributed by atoms with Crippen molar-refractivity contribution in [2.45, 2.75) is 59.3 Å². The minimum Gasteiger partial charge on any atom is -0.295 e. The summed E-state index contributed by atoms with van der Waals surface area (Å²) >= 11 is 0. The predicted octanol–water partition coefficient (Wildman–Crippen LogP) is 3.88. The average molecular weight is 182 g/mol. The van der Waals surface area contributed by atoms with E-state index in [1.165, 1.54) is 19.3 Å². The van der Waals surface area contributed by atoms with Crippen LogP contribution in [-0.2, 0) is 4.79 Å². The van der Waals surface area contributed by atoms with Gasteiger partial charge in [-0.3, -0.25) is 4.79 Å². The Labute approximate surface area is 82.2 Å². The van der Waals surface area contributed by atoms with Gasteiger partial charge in [0.05, 0.1) is 0 Å². The number of hydrogen-bond donors (Lipinski definition) is 0. The molecule has 0 aromatic rings. The van der Waals surface area contributed by atoms with Gasteiger partial charge in [0.25, 0.3) is 0 Å². The first kappa shape index (κ1) is 12.4. The van der Waals surface area contributed by atoms with Crippen molar-refractivity contribution in [1.82, 2.24) is 0 Å². The lowest BCUT2D eigenvalue weighted by molar-refractivity contribution is -0.115. The van der Waals surface area contributed by atoms with Crippen molar-refractivity contribution in [3.05, 3.63) is 11.6 Å². The molecule has 0 radical (unpaired) electrons. The largest absolute Gasteiger partial charge is 0.295 e. The molecule has 1 aliphatic rings. The van der Waals surface area contributed by atoms with Gasteiger partial charge >= 0.3 is 0 Å². The van der Waals surface area contributed by atoms with Crippen LogP contribution in [0, 0.1) is 0 Å². The Morgan fingerprint density at radius 2 is 1.92 bits per heavy atom. The van der Waals surface area contributed by atoms with Crippen molar-refractivity contribution in [1.29, 1.82) is 0 Å². The molecule has 0 N–H and O–H groups in total. The van der Waals surface area contributed by atoms with E-state index in [-0.39, 0.29) is 0 Å². The third-order valence-corrected chi connectivity index (χ3v) is 1.97. The van der Waals surface area contributed by atoms with E-state index in [0.717, 1.165) is 18.4 Å². The van der Waals surface area contributed by atoms with Crippen LogP contribution >= 0.6 is 0 Å². The van der Waals surface area contributed by atoms with Gasteiger partial charge in [0.2, 0.25) is 0 Å². The summed E-state index contributed by atoms with van der Waals surface area (Å²) in [4.78, 5) is 11.1. The number of Topliss-reactive ketones (excluding diaryl/α,β-unsaturated/α-hetero) is 1. The van der Waals surface area contributed by atoms with E-state index in [9.17, 15) is 4.79 Å². The second-order valence-corrected chi connectivity index (χ2v) is 3.46. The van der Waals surface area contributed by atoms with Crippen LogP contribution in [0.3, 0.4) is 0 Å². The van der Waals surface area contributed by atoms with Crippen LogP contribution in [0.2, 0.25) is 0 Å². The van der Waals surface area contributed by atoms with Crippen molar-refractivity contribution >= 4 is 5.78 Å². The maximum absolute atomic E-state index is 11.1. The summed E-state index contributed by atoms with van der Waals surface area (Å²) in [5.41, 5.74) is 1.08. The fourth-order valence-electron chi connectivity index (χ4n) is 1.32. The molecular formula is C12H22O. The maximum Gasteiger partial charge on any atom is 0.158 e. The Hall–Kier alpha value is -0.590. The lowest BCUT2D eigenvalue weighted by Crippen LogP contribution is -2.03. The summed E-state index contributed by atoms with van der Waals surface area (Å²) in [6.07, 6.45) is 8.63. The monoisotopic (exact) mass is 182 g/mol. The lowest BCUT2D eigenvalue weighted by Gasteiger charge is -2.09. The summed E-state index contributed by atoms with van der Waals surface area (Å²) in [5, 5.41) is 0. The summed E-state index contributed by atoms with van der Waals surface area (Å²) in [6.45, 7) is 6.18. The summed E-state index contributed by atoms with van der Waals surface area (Å²) < 4.78 is 0. The lowest BCUT2D eigenvalue weighted by atomic mass is 9.95. The van der Waals surface area contributed by atoms with Crippen LogP contribution in [0.15, 0.2) is 11.6 Å². The summed E-state index contributed by atoms with van der Waals surface area (Å²) in [6, 6.07) is 0. The number of carbonyl (C=O) groups is 1. The Morgan fingerprint density at radius 3 is 2.31 bits per heavy atom. The highest BCUT2D eigenvalue weighted by atomic mass is 16.1. The molecular weight excluding hydrogens is 160 g/mol. The quantitative estimate of drug-likeness (QED) is 0.633. The molecule has 1 aliphatic carbocycles. The van der Waals surface area contributed by atoms with Gasteiger partial charge in [0, 0.05) is 6.42 Å². The second kappa shape index (κ2) is 8.03. The first-order chi connectivity index (χ1) is 6.26. The smallest absolute Gasteiger partial charge is 0.158 e. The fraction of sp³-hybridized carbons (Fsp3) is 0.750. The molecule has 0 amide bonds. The molecule has 1 rings (SSSR count). The second-order valence-electron chi connectivity index (χ2n) is 3.46. The standard InChI is InChI=1S/C9H14O.C3H8/c1-2-9(10)8-6-4-3-5-7-8;1-3-2/h6H,2-5,7H2,1H3;3H2,1-2H3. The molecule has 13 heavy (non-hydrogen) atoms. The topological polar surface area (TPSA) is 17.1 Å². The molecule has 1 heteroatoms. The molecule has 0 bridgehead atoms. The third-order valence-electron chi connectivity index (χ3n) is 1.97. The van der Waals surface area contributed by atoms with E-state index in [4.69, 9.17) is 0 Å². The highest BCUT2D eigenvalue weighted by molar-refractivity contribution is 5.95. The molecule has 0 heterocycles. The van der Waals surface area contributed by atoms with Gasteiger partial charge in [0.15, 0.2) is 5.78 Å². The Balaban J connectivity index is 0.000000424. The highest BCUT2D eigenvalue weighted by Gasteiger charge is 2.08. The molecule has 0 aromatic carbocycles. The maximum atomic E-state index is 11.1. The van der Waals surface area contributed by atoms with Crippen molar-refractivity contribution in [2.24, 2.45) is 0 Å². The van der Waals surface area contributed by atoms with Crippen molar-refractivity contribution < 1.29 is 4.79 Å².